The van der Waals surface area contributed by atoms with Crippen LogP contribution in [0.3, 0.4) is 0 Å². The number of rotatable bonds is 4. The minimum atomic E-state index is -4.89. The largest absolute Gasteiger partial charge is 0.464 e. The number of carbonyl (C=O) groups excluding carboxylic acids is 1. The lowest BCUT2D eigenvalue weighted by molar-refractivity contribution is -0.140. The number of hydrazine groups is 1. The van der Waals surface area contributed by atoms with Gasteiger partial charge in [-0.2, -0.15) is 13.2 Å². The van der Waals surface area contributed by atoms with Crippen molar-refractivity contribution in [1.82, 2.24) is 10.4 Å². The molecular weight excluding hydrogens is 385 g/mol. The summed E-state index contributed by atoms with van der Waals surface area (Å²) >= 11 is 0. The minimum Gasteiger partial charge on any atom is -0.464 e. The molecule has 0 bridgehead atoms. The maximum Gasteiger partial charge on any atom is 0.419 e. The van der Waals surface area contributed by atoms with E-state index in [-0.39, 0.29) is 11.3 Å². The summed E-state index contributed by atoms with van der Waals surface area (Å²) in [6, 6.07) is 7.07. The van der Waals surface area contributed by atoms with Gasteiger partial charge in [0.2, 0.25) is 6.23 Å². The van der Waals surface area contributed by atoms with E-state index < -0.39 is 35.5 Å². The maximum atomic E-state index is 13.4. The number of amides is 1. The Morgan fingerprint density at radius 3 is 2.64 bits per heavy atom. The number of hydrogen-bond donors (Lipinski definition) is 1. The molecule has 1 amide bonds. The quantitative estimate of drug-likeness (QED) is 0.797. The Bertz CT molecular complexity index is 943. The fraction of sp³-hybridized carbons (Fsp3) is 0.111. The summed E-state index contributed by atoms with van der Waals surface area (Å²) in [7, 11) is 0. The van der Waals surface area contributed by atoms with Gasteiger partial charge in [-0.25, -0.2) is 13.8 Å². The Labute approximate surface area is 155 Å². The smallest absolute Gasteiger partial charge is 0.419 e. The molecule has 0 spiro atoms. The topological polar surface area (TPSA) is 53.9 Å². The fourth-order valence-electron chi connectivity index (χ4n) is 2.32. The third-order valence-electron chi connectivity index (χ3n) is 3.62. The van der Waals surface area contributed by atoms with Crippen LogP contribution in [0.2, 0.25) is 0 Å². The number of carbonyl (C=O) groups is 1. The van der Waals surface area contributed by atoms with E-state index >= 15 is 0 Å². The number of benzene rings is 2. The number of ether oxygens (including phenoxy) is 1. The molecule has 0 aromatic heterocycles. The van der Waals surface area contributed by atoms with Crippen LogP contribution in [0.15, 0.2) is 59.9 Å². The molecule has 10 heteroatoms. The molecule has 3 rings (SSSR count). The second kappa shape index (κ2) is 7.67. The molecule has 0 aliphatic carbocycles. The third-order valence-corrected chi connectivity index (χ3v) is 3.62. The SMILES string of the molecule is O=C(NN1C=CN=CC1Oc1ccc(F)c(C(F)(F)F)c1)c1cccc(F)c1. The average Bonchev–Trinajstić information content (AvgIpc) is 2.64. The van der Waals surface area contributed by atoms with Crippen LogP contribution in [-0.2, 0) is 6.18 Å². The Hall–Kier alpha value is -3.43. The van der Waals surface area contributed by atoms with Gasteiger partial charge in [-0.3, -0.25) is 15.2 Å². The van der Waals surface area contributed by atoms with Crippen molar-refractivity contribution in [2.24, 2.45) is 4.99 Å². The van der Waals surface area contributed by atoms with Crippen LogP contribution >= 0.6 is 0 Å². The van der Waals surface area contributed by atoms with Crippen LogP contribution in [0.1, 0.15) is 15.9 Å². The van der Waals surface area contributed by atoms with E-state index in [0.717, 1.165) is 17.1 Å². The van der Waals surface area contributed by atoms with Gasteiger partial charge in [-0.05, 0) is 36.4 Å². The van der Waals surface area contributed by atoms with Gasteiger partial charge in [0.1, 0.15) is 17.4 Å². The van der Waals surface area contributed by atoms with Gasteiger partial charge in [0, 0.05) is 18.0 Å². The summed E-state index contributed by atoms with van der Waals surface area (Å²) in [5, 5.41) is 1.12. The van der Waals surface area contributed by atoms with Crippen LogP contribution < -0.4 is 10.2 Å². The van der Waals surface area contributed by atoms with Crippen LogP contribution in [0.5, 0.6) is 5.75 Å². The molecule has 1 N–H and O–H groups in total. The van der Waals surface area contributed by atoms with E-state index in [2.05, 4.69) is 10.4 Å². The highest BCUT2D eigenvalue weighted by Gasteiger charge is 2.34. The van der Waals surface area contributed by atoms with Crippen molar-refractivity contribution in [3.8, 4) is 5.75 Å². The van der Waals surface area contributed by atoms with Gasteiger partial charge in [-0.15, -0.1) is 0 Å². The van der Waals surface area contributed by atoms with Crippen molar-refractivity contribution in [3.63, 3.8) is 0 Å². The van der Waals surface area contributed by atoms with Crippen LogP contribution in [0.4, 0.5) is 22.0 Å². The zero-order valence-corrected chi connectivity index (χ0v) is 14.0. The Morgan fingerprint density at radius 1 is 1.14 bits per heavy atom. The van der Waals surface area contributed by atoms with Crippen molar-refractivity contribution in [3.05, 3.63) is 77.6 Å². The third kappa shape index (κ3) is 4.45. The van der Waals surface area contributed by atoms with Crippen molar-refractivity contribution in [2.75, 3.05) is 0 Å². The van der Waals surface area contributed by atoms with Crippen molar-refractivity contribution < 1.29 is 31.5 Å². The van der Waals surface area contributed by atoms with E-state index in [1.165, 1.54) is 36.8 Å². The zero-order chi connectivity index (χ0) is 20.3. The Kier molecular flexibility index (Phi) is 5.30. The number of nitrogens with zero attached hydrogens (tertiary/aromatic N) is 2. The van der Waals surface area contributed by atoms with Crippen LogP contribution in [0.25, 0.3) is 0 Å². The highest BCUT2D eigenvalue weighted by atomic mass is 19.4. The predicted octanol–water partition coefficient (Wildman–Crippen LogP) is 3.89. The van der Waals surface area contributed by atoms with Gasteiger partial charge in [0.05, 0.1) is 11.8 Å². The number of aliphatic imine (C=N–C) groups is 1. The lowest BCUT2D eigenvalue weighted by atomic mass is 10.2. The molecule has 1 unspecified atom stereocenters. The molecule has 2 aromatic carbocycles. The van der Waals surface area contributed by atoms with Gasteiger partial charge in [0.25, 0.3) is 5.91 Å². The van der Waals surface area contributed by atoms with E-state index in [1.54, 1.807) is 0 Å². The standard InChI is InChI=1S/C18H12F5N3O2/c19-12-3-1-2-11(8-12)17(27)25-26-7-6-24-10-16(26)28-13-4-5-15(20)14(9-13)18(21,22)23/h1-10,16H,(H,25,27). The van der Waals surface area contributed by atoms with Crippen molar-refractivity contribution >= 4 is 12.1 Å². The summed E-state index contributed by atoms with van der Waals surface area (Å²) in [4.78, 5) is 16.0. The van der Waals surface area contributed by atoms with E-state index in [1.807, 2.05) is 0 Å². The summed E-state index contributed by atoms with van der Waals surface area (Å²) < 4.78 is 70.6. The molecule has 146 valence electrons. The molecule has 1 aliphatic rings. The molecule has 1 atom stereocenters. The van der Waals surface area contributed by atoms with Crippen LogP contribution in [-0.4, -0.2) is 23.4 Å². The lowest BCUT2D eigenvalue weighted by Crippen LogP contribution is -2.49. The Morgan fingerprint density at radius 2 is 1.93 bits per heavy atom. The van der Waals surface area contributed by atoms with Gasteiger partial charge >= 0.3 is 6.18 Å². The first-order valence-corrected chi connectivity index (χ1v) is 7.82. The molecular formula is C18H12F5N3O2. The van der Waals surface area contributed by atoms with Crippen LogP contribution in [0, 0.1) is 11.6 Å². The van der Waals surface area contributed by atoms with E-state index in [0.29, 0.717) is 12.1 Å². The predicted molar refractivity (Wildman–Crippen MR) is 89.2 cm³/mol. The molecule has 0 saturated carbocycles. The summed E-state index contributed by atoms with van der Waals surface area (Å²) in [6.07, 6.45) is -2.19. The Balaban J connectivity index is 1.77. The highest BCUT2D eigenvalue weighted by molar-refractivity contribution is 5.94. The molecule has 28 heavy (non-hydrogen) atoms. The van der Waals surface area contributed by atoms with Crippen molar-refractivity contribution in [1.29, 1.82) is 0 Å². The zero-order valence-electron chi connectivity index (χ0n) is 14.0. The molecule has 0 saturated heterocycles. The van der Waals surface area contributed by atoms with Gasteiger partial charge in [0.15, 0.2) is 0 Å². The molecule has 2 aromatic rings. The molecule has 1 heterocycles. The normalized spacial score (nSPS) is 16.2. The second-order valence-corrected chi connectivity index (χ2v) is 5.60. The van der Waals surface area contributed by atoms with E-state index in [9.17, 15) is 26.7 Å². The highest BCUT2D eigenvalue weighted by Crippen LogP contribution is 2.33. The minimum absolute atomic E-state index is 0.0239. The first-order valence-electron chi connectivity index (χ1n) is 7.82. The fourth-order valence-corrected chi connectivity index (χ4v) is 2.32. The summed E-state index contributed by atoms with van der Waals surface area (Å²) in [5.74, 6) is -3.01. The van der Waals surface area contributed by atoms with Crippen molar-refractivity contribution in [2.45, 2.75) is 12.4 Å². The molecule has 5 nitrogen and oxygen atoms in total. The number of halogens is 5. The molecule has 0 fully saturated rings. The van der Waals surface area contributed by atoms with E-state index in [4.69, 9.17) is 4.74 Å². The monoisotopic (exact) mass is 397 g/mol. The molecule has 1 aliphatic heterocycles. The second-order valence-electron chi connectivity index (χ2n) is 5.60. The number of hydrogen-bond acceptors (Lipinski definition) is 4. The summed E-state index contributed by atoms with van der Waals surface area (Å²) in [6.45, 7) is 0. The lowest BCUT2D eigenvalue weighted by Gasteiger charge is -2.30. The maximum absolute atomic E-state index is 13.4. The first kappa shape index (κ1) is 19.3. The summed E-state index contributed by atoms with van der Waals surface area (Å²) in [5.41, 5.74) is 0.958. The molecule has 0 radical (unpaired) electrons. The first-order chi connectivity index (χ1) is 13.2. The van der Waals surface area contributed by atoms with Gasteiger partial charge in [-0.1, -0.05) is 6.07 Å². The average molecular weight is 397 g/mol. The number of alkyl halides is 3. The van der Waals surface area contributed by atoms with Gasteiger partial charge < -0.3 is 4.74 Å². The number of nitrogens with one attached hydrogen (secondary N) is 1.